The predicted octanol–water partition coefficient (Wildman–Crippen LogP) is 2.30. The van der Waals surface area contributed by atoms with Crippen molar-refractivity contribution in [1.82, 2.24) is 9.78 Å². The monoisotopic (exact) mass is 224 g/mol. The Labute approximate surface area is 96.6 Å². The van der Waals surface area contributed by atoms with Crippen molar-refractivity contribution in [3.8, 4) is 0 Å². The number of ether oxygens (including phenoxy) is 1. The zero-order valence-corrected chi connectivity index (χ0v) is 10.7. The average Bonchev–Trinajstić information content (AvgIpc) is 2.54. The van der Waals surface area contributed by atoms with E-state index in [1.807, 2.05) is 32.4 Å². The van der Waals surface area contributed by atoms with Gasteiger partial charge in [0.1, 0.15) is 0 Å². The Hall–Kier alpha value is -1.16. The summed E-state index contributed by atoms with van der Waals surface area (Å²) in [5.41, 5.74) is 2.52. The zero-order valence-electron chi connectivity index (χ0n) is 10.7. The van der Waals surface area contributed by atoms with Gasteiger partial charge < -0.3 is 4.74 Å². The van der Waals surface area contributed by atoms with Crippen molar-refractivity contribution in [2.75, 3.05) is 13.7 Å². The van der Waals surface area contributed by atoms with Gasteiger partial charge in [0.05, 0.1) is 23.9 Å². The van der Waals surface area contributed by atoms with E-state index >= 15 is 0 Å². The largest absolute Gasteiger partial charge is 0.382 e. The molecule has 16 heavy (non-hydrogen) atoms. The van der Waals surface area contributed by atoms with Gasteiger partial charge in [-0.3, -0.25) is 9.48 Å². The van der Waals surface area contributed by atoms with E-state index in [1.54, 1.807) is 7.11 Å². The lowest BCUT2D eigenvalue weighted by Crippen LogP contribution is -2.14. The van der Waals surface area contributed by atoms with E-state index in [0.29, 0.717) is 13.0 Å². The molecule has 0 aromatic carbocycles. The highest BCUT2D eigenvalue weighted by atomic mass is 16.5. The number of ketones is 1. The second kappa shape index (κ2) is 5.25. The first-order valence-electron chi connectivity index (χ1n) is 5.60. The third kappa shape index (κ3) is 2.32. The maximum Gasteiger partial charge on any atom is 0.166 e. The van der Waals surface area contributed by atoms with Gasteiger partial charge >= 0.3 is 0 Å². The Kier molecular flexibility index (Phi) is 4.24. The highest BCUT2D eigenvalue weighted by molar-refractivity contribution is 5.97. The Bertz CT molecular complexity index is 383. The molecule has 0 aliphatic heterocycles. The molecule has 0 radical (unpaired) electrons. The summed E-state index contributed by atoms with van der Waals surface area (Å²) in [6, 6.07) is 0.155. The summed E-state index contributed by atoms with van der Waals surface area (Å²) in [5, 5.41) is 4.41. The molecule has 0 spiro atoms. The van der Waals surface area contributed by atoms with Crippen molar-refractivity contribution >= 4 is 5.78 Å². The first kappa shape index (κ1) is 12.9. The quantitative estimate of drug-likeness (QED) is 0.721. The third-order valence-electron chi connectivity index (χ3n) is 2.75. The van der Waals surface area contributed by atoms with Crippen molar-refractivity contribution in [2.24, 2.45) is 0 Å². The van der Waals surface area contributed by atoms with E-state index in [0.717, 1.165) is 17.0 Å². The van der Waals surface area contributed by atoms with Crippen LogP contribution in [0.2, 0.25) is 0 Å². The van der Waals surface area contributed by atoms with Crippen molar-refractivity contribution in [1.29, 1.82) is 0 Å². The molecule has 0 amide bonds. The number of nitrogens with zero attached hydrogens (tertiary/aromatic N) is 2. The minimum Gasteiger partial charge on any atom is -0.382 e. The van der Waals surface area contributed by atoms with Crippen LogP contribution in [0.3, 0.4) is 0 Å². The fraction of sp³-hybridized carbons (Fsp3) is 0.667. The van der Waals surface area contributed by atoms with Gasteiger partial charge in [0.15, 0.2) is 5.78 Å². The summed E-state index contributed by atoms with van der Waals surface area (Å²) in [4.78, 5) is 11.8. The van der Waals surface area contributed by atoms with Crippen LogP contribution in [-0.4, -0.2) is 29.3 Å². The van der Waals surface area contributed by atoms with Crippen LogP contribution in [0, 0.1) is 13.8 Å². The highest BCUT2D eigenvalue weighted by Crippen LogP contribution is 2.19. The molecular formula is C12H20N2O2. The van der Waals surface area contributed by atoms with Crippen LogP contribution in [0.4, 0.5) is 0 Å². The van der Waals surface area contributed by atoms with E-state index < -0.39 is 0 Å². The van der Waals surface area contributed by atoms with Crippen LogP contribution in [0.15, 0.2) is 0 Å². The molecule has 1 unspecified atom stereocenters. The van der Waals surface area contributed by atoms with Crippen molar-refractivity contribution in [2.45, 2.75) is 40.2 Å². The van der Waals surface area contributed by atoms with Crippen LogP contribution in [0.1, 0.15) is 48.1 Å². The maximum atomic E-state index is 11.8. The summed E-state index contributed by atoms with van der Waals surface area (Å²) in [7, 11) is 1.67. The van der Waals surface area contributed by atoms with Crippen molar-refractivity contribution < 1.29 is 9.53 Å². The summed E-state index contributed by atoms with van der Waals surface area (Å²) < 4.78 is 6.98. The maximum absolute atomic E-state index is 11.8. The summed E-state index contributed by atoms with van der Waals surface area (Å²) in [6.07, 6.45) is 0.520. The number of methoxy groups -OCH3 is 1. The standard InChI is InChI=1S/C12H20N2O2/c1-6-11(15)12-9(3)13-14(10(12)4)8(2)7-16-5/h8H,6-7H2,1-5H3. The van der Waals surface area contributed by atoms with Crippen LogP contribution >= 0.6 is 0 Å². The Morgan fingerprint density at radius 2 is 2.12 bits per heavy atom. The van der Waals surface area contributed by atoms with Gasteiger partial charge in [0.2, 0.25) is 0 Å². The molecule has 1 heterocycles. The predicted molar refractivity (Wildman–Crippen MR) is 62.9 cm³/mol. The molecule has 0 bridgehead atoms. The molecule has 1 rings (SSSR count). The number of hydrogen-bond acceptors (Lipinski definition) is 3. The SMILES string of the molecule is CCC(=O)c1c(C)nn(C(C)COC)c1C. The first-order valence-corrected chi connectivity index (χ1v) is 5.60. The molecule has 1 aromatic heterocycles. The molecule has 1 atom stereocenters. The number of carbonyl (C=O) groups excluding carboxylic acids is 1. The smallest absolute Gasteiger partial charge is 0.166 e. The van der Waals surface area contributed by atoms with Crippen LogP contribution < -0.4 is 0 Å². The lowest BCUT2D eigenvalue weighted by atomic mass is 10.1. The minimum atomic E-state index is 0.155. The van der Waals surface area contributed by atoms with Crippen LogP contribution in [0.5, 0.6) is 0 Å². The lowest BCUT2D eigenvalue weighted by Gasteiger charge is -2.13. The van der Waals surface area contributed by atoms with Crippen LogP contribution in [0.25, 0.3) is 0 Å². The molecule has 0 aliphatic carbocycles. The zero-order chi connectivity index (χ0) is 12.3. The highest BCUT2D eigenvalue weighted by Gasteiger charge is 2.19. The average molecular weight is 224 g/mol. The van der Waals surface area contributed by atoms with Crippen molar-refractivity contribution in [3.63, 3.8) is 0 Å². The molecule has 0 saturated heterocycles. The number of carbonyl (C=O) groups is 1. The van der Waals surface area contributed by atoms with E-state index in [-0.39, 0.29) is 11.8 Å². The molecule has 4 heteroatoms. The number of hydrogen-bond donors (Lipinski definition) is 0. The van der Waals surface area contributed by atoms with Gasteiger partial charge in [0, 0.05) is 19.2 Å². The Balaban J connectivity index is 3.11. The van der Waals surface area contributed by atoms with E-state index in [4.69, 9.17) is 4.74 Å². The number of rotatable bonds is 5. The second-order valence-electron chi connectivity index (χ2n) is 4.07. The third-order valence-corrected chi connectivity index (χ3v) is 2.75. The molecule has 0 N–H and O–H groups in total. The Morgan fingerprint density at radius 3 is 2.62 bits per heavy atom. The van der Waals surface area contributed by atoms with E-state index in [2.05, 4.69) is 5.10 Å². The molecule has 90 valence electrons. The second-order valence-corrected chi connectivity index (χ2v) is 4.07. The fourth-order valence-corrected chi connectivity index (χ4v) is 1.98. The summed E-state index contributed by atoms with van der Waals surface area (Å²) in [5.74, 6) is 0.158. The molecule has 0 saturated carbocycles. The van der Waals surface area contributed by atoms with Gasteiger partial charge in [-0.05, 0) is 20.8 Å². The normalized spacial score (nSPS) is 12.8. The molecule has 4 nitrogen and oxygen atoms in total. The van der Waals surface area contributed by atoms with Gasteiger partial charge in [0.25, 0.3) is 0 Å². The molecule has 0 aliphatic rings. The van der Waals surface area contributed by atoms with Gasteiger partial charge in [-0.1, -0.05) is 6.92 Å². The van der Waals surface area contributed by atoms with Crippen LogP contribution in [-0.2, 0) is 4.74 Å². The molecule has 0 fully saturated rings. The molecule has 1 aromatic rings. The van der Waals surface area contributed by atoms with Gasteiger partial charge in [-0.25, -0.2) is 0 Å². The summed E-state index contributed by atoms with van der Waals surface area (Å²) in [6.45, 7) is 8.32. The summed E-state index contributed by atoms with van der Waals surface area (Å²) >= 11 is 0. The minimum absolute atomic E-state index is 0.155. The number of aromatic nitrogens is 2. The van der Waals surface area contributed by atoms with Gasteiger partial charge in [-0.15, -0.1) is 0 Å². The topological polar surface area (TPSA) is 44.1 Å². The molecular weight excluding hydrogens is 204 g/mol. The fourth-order valence-electron chi connectivity index (χ4n) is 1.98. The first-order chi connectivity index (χ1) is 7.52. The number of Topliss-reactive ketones (excluding diaryl/α,β-unsaturated/α-hetero) is 1. The van der Waals surface area contributed by atoms with E-state index in [9.17, 15) is 4.79 Å². The van der Waals surface area contributed by atoms with Crippen molar-refractivity contribution in [3.05, 3.63) is 17.0 Å². The number of aryl methyl sites for hydroxylation is 1. The Morgan fingerprint density at radius 1 is 1.50 bits per heavy atom. The van der Waals surface area contributed by atoms with Gasteiger partial charge in [-0.2, -0.15) is 5.10 Å². The lowest BCUT2D eigenvalue weighted by molar-refractivity contribution is 0.0986. The van der Waals surface area contributed by atoms with E-state index in [1.165, 1.54) is 0 Å².